The zero-order chi connectivity index (χ0) is 7.28. The van der Waals surface area contributed by atoms with Crippen LogP contribution in [0.5, 0.6) is 0 Å². The van der Waals surface area contributed by atoms with E-state index in [2.05, 4.69) is 4.72 Å². The van der Waals surface area contributed by atoms with Gasteiger partial charge in [0.15, 0.2) is 0 Å². The van der Waals surface area contributed by atoms with Crippen molar-refractivity contribution in [2.45, 2.75) is 19.4 Å². The van der Waals surface area contributed by atoms with Crippen LogP contribution < -0.4 is 4.72 Å². The highest BCUT2D eigenvalue weighted by molar-refractivity contribution is 7.82. The van der Waals surface area contributed by atoms with Crippen LogP contribution in [0.1, 0.15) is 13.3 Å². The molecule has 0 heterocycles. The fourth-order valence-corrected chi connectivity index (χ4v) is 0.785. The van der Waals surface area contributed by atoms with Crippen LogP contribution >= 0.6 is 0 Å². The summed E-state index contributed by atoms with van der Waals surface area (Å²) in [7, 11) is -0.998. The summed E-state index contributed by atoms with van der Waals surface area (Å²) in [6.07, 6.45) is 1.88. The third kappa shape index (κ3) is 5.95. The Morgan fingerprint density at radius 2 is 2.33 bits per heavy atom. The highest BCUT2D eigenvalue weighted by atomic mass is 32.2. The minimum atomic E-state index is -0.998. The van der Waals surface area contributed by atoms with Crippen LogP contribution in [-0.4, -0.2) is 28.2 Å². The molecule has 3 nitrogen and oxygen atoms in total. The molecule has 0 rings (SSSR count). The first kappa shape index (κ1) is 9.07. The fraction of sp³-hybridized carbons (Fsp3) is 1.00. The van der Waals surface area contributed by atoms with Gasteiger partial charge in [-0.15, -0.1) is 0 Å². The second kappa shape index (κ2) is 4.90. The minimum absolute atomic E-state index is 0.367. The molecule has 2 N–H and O–H groups in total. The van der Waals surface area contributed by atoms with Crippen LogP contribution in [0.25, 0.3) is 0 Å². The van der Waals surface area contributed by atoms with E-state index in [0.717, 1.165) is 0 Å². The minimum Gasteiger partial charge on any atom is -0.392 e. The molecule has 0 saturated heterocycles. The Bertz CT molecular complexity index is 97.0. The van der Waals surface area contributed by atoms with Crippen molar-refractivity contribution in [1.29, 1.82) is 0 Å². The van der Waals surface area contributed by atoms with E-state index in [1.54, 1.807) is 6.26 Å². The quantitative estimate of drug-likeness (QED) is 0.576. The molecule has 0 radical (unpaired) electrons. The molecule has 9 heavy (non-hydrogen) atoms. The number of hydrogen-bond donors (Lipinski definition) is 2. The van der Waals surface area contributed by atoms with Crippen LogP contribution in [0.15, 0.2) is 0 Å². The maximum atomic E-state index is 10.4. The van der Waals surface area contributed by atoms with E-state index in [9.17, 15) is 4.21 Å². The van der Waals surface area contributed by atoms with Crippen molar-refractivity contribution in [3.8, 4) is 0 Å². The highest BCUT2D eigenvalue weighted by Crippen LogP contribution is 1.85. The van der Waals surface area contributed by atoms with Crippen LogP contribution in [-0.2, 0) is 11.0 Å². The van der Waals surface area contributed by atoms with E-state index < -0.39 is 11.0 Å². The van der Waals surface area contributed by atoms with Gasteiger partial charge < -0.3 is 5.11 Å². The first-order valence-electron chi connectivity index (χ1n) is 2.91. The van der Waals surface area contributed by atoms with Gasteiger partial charge in [0.2, 0.25) is 0 Å². The molecule has 0 spiro atoms. The molecule has 0 amide bonds. The van der Waals surface area contributed by atoms with Crippen LogP contribution in [0.4, 0.5) is 0 Å². The maximum Gasteiger partial charge on any atom is 0.0884 e. The number of aliphatic hydroxyl groups excluding tert-OH is 1. The summed E-state index contributed by atoms with van der Waals surface area (Å²) in [5.74, 6) is 0. The van der Waals surface area contributed by atoms with Gasteiger partial charge in [0.25, 0.3) is 0 Å². The van der Waals surface area contributed by atoms with Gasteiger partial charge in [-0.25, -0.2) is 8.93 Å². The molecule has 2 unspecified atom stereocenters. The van der Waals surface area contributed by atoms with Crippen molar-refractivity contribution < 1.29 is 9.32 Å². The second-order valence-corrected chi connectivity index (χ2v) is 3.06. The van der Waals surface area contributed by atoms with Crippen molar-refractivity contribution in [3.05, 3.63) is 0 Å². The zero-order valence-electron chi connectivity index (χ0n) is 5.76. The van der Waals surface area contributed by atoms with Gasteiger partial charge in [0, 0.05) is 12.8 Å². The largest absolute Gasteiger partial charge is 0.392 e. The summed E-state index contributed by atoms with van der Waals surface area (Å²) in [5.41, 5.74) is 0. The van der Waals surface area contributed by atoms with Crippen molar-refractivity contribution in [1.82, 2.24) is 4.72 Å². The molecule has 0 aliphatic carbocycles. The Kier molecular flexibility index (Phi) is 4.94. The fourth-order valence-electron chi connectivity index (χ4n) is 0.358. The summed E-state index contributed by atoms with van der Waals surface area (Å²) in [6.45, 7) is 2.30. The van der Waals surface area contributed by atoms with Gasteiger partial charge in [0.05, 0.1) is 17.1 Å². The van der Waals surface area contributed by atoms with E-state index in [1.807, 2.05) is 6.92 Å². The monoisotopic (exact) mass is 151 g/mol. The standard InChI is InChI=1S/C5H13NO2S/c1-3-5(7)4-6-9(2)8/h5-7H,3-4H2,1-2H3. The van der Waals surface area contributed by atoms with Gasteiger partial charge in [-0.05, 0) is 6.42 Å². The number of hydrogen-bond acceptors (Lipinski definition) is 2. The first-order chi connectivity index (χ1) is 4.16. The lowest BCUT2D eigenvalue weighted by atomic mass is 10.3. The summed E-state index contributed by atoms with van der Waals surface area (Å²) in [5, 5.41) is 8.91. The smallest absolute Gasteiger partial charge is 0.0884 e. The average Bonchev–Trinajstić information content (AvgIpc) is 1.83. The van der Waals surface area contributed by atoms with E-state index in [-0.39, 0.29) is 6.10 Å². The summed E-state index contributed by atoms with van der Waals surface area (Å²) in [6, 6.07) is 0. The molecule has 0 aromatic heterocycles. The third-order valence-electron chi connectivity index (χ3n) is 0.993. The lowest BCUT2D eigenvalue weighted by Gasteiger charge is -2.05. The molecule has 0 aromatic carbocycles. The molecule has 0 aromatic rings. The van der Waals surface area contributed by atoms with Crippen molar-refractivity contribution in [3.63, 3.8) is 0 Å². The number of aliphatic hydroxyl groups is 1. The maximum absolute atomic E-state index is 10.4. The Balaban J connectivity index is 3.16. The highest BCUT2D eigenvalue weighted by Gasteiger charge is 1.98. The third-order valence-corrected chi connectivity index (χ3v) is 1.57. The Morgan fingerprint density at radius 1 is 1.78 bits per heavy atom. The lowest BCUT2D eigenvalue weighted by Crippen LogP contribution is -2.26. The van der Waals surface area contributed by atoms with E-state index >= 15 is 0 Å². The molecule has 0 aliphatic rings. The predicted molar refractivity (Wildman–Crippen MR) is 38.4 cm³/mol. The van der Waals surface area contributed by atoms with E-state index in [4.69, 9.17) is 5.11 Å². The Morgan fingerprint density at radius 3 is 2.67 bits per heavy atom. The predicted octanol–water partition coefficient (Wildman–Crippen LogP) is -0.360. The van der Waals surface area contributed by atoms with Gasteiger partial charge in [-0.3, -0.25) is 0 Å². The van der Waals surface area contributed by atoms with Crippen LogP contribution in [0.3, 0.4) is 0 Å². The number of rotatable bonds is 4. The van der Waals surface area contributed by atoms with Crippen LogP contribution in [0.2, 0.25) is 0 Å². The summed E-state index contributed by atoms with van der Waals surface area (Å²) in [4.78, 5) is 0. The summed E-state index contributed by atoms with van der Waals surface area (Å²) >= 11 is 0. The molecule has 0 bridgehead atoms. The molecular weight excluding hydrogens is 138 g/mol. The van der Waals surface area contributed by atoms with Crippen molar-refractivity contribution in [2.75, 3.05) is 12.8 Å². The molecule has 4 heteroatoms. The van der Waals surface area contributed by atoms with Gasteiger partial charge in [-0.1, -0.05) is 6.92 Å². The van der Waals surface area contributed by atoms with Gasteiger partial charge in [0.1, 0.15) is 0 Å². The molecule has 0 saturated carbocycles. The molecule has 0 fully saturated rings. The zero-order valence-corrected chi connectivity index (χ0v) is 6.57. The normalized spacial score (nSPS) is 17.2. The molecule has 56 valence electrons. The summed E-state index contributed by atoms with van der Waals surface area (Å²) < 4.78 is 13.0. The van der Waals surface area contributed by atoms with E-state index in [0.29, 0.717) is 13.0 Å². The first-order valence-corrected chi connectivity index (χ1v) is 4.47. The van der Waals surface area contributed by atoms with E-state index in [1.165, 1.54) is 0 Å². The average molecular weight is 151 g/mol. The SMILES string of the molecule is CCC(O)CNS(C)=O. The number of nitrogens with one attached hydrogen (secondary N) is 1. The second-order valence-electron chi connectivity index (χ2n) is 1.86. The van der Waals surface area contributed by atoms with Crippen molar-refractivity contribution in [2.24, 2.45) is 0 Å². The van der Waals surface area contributed by atoms with Gasteiger partial charge >= 0.3 is 0 Å². The Labute approximate surface area is 58.1 Å². The Hall–Kier alpha value is 0.0700. The van der Waals surface area contributed by atoms with Crippen molar-refractivity contribution >= 4 is 11.0 Å². The molecular formula is C5H13NO2S. The van der Waals surface area contributed by atoms with Gasteiger partial charge in [-0.2, -0.15) is 0 Å². The molecule has 0 aliphatic heterocycles. The topological polar surface area (TPSA) is 49.3 Å². The molecule has 2 atom stereocenters. The van der Waals surface area contributed by atoms with Crippen LogP contribution in [0, 0.1) is 0 Å². The lowest BCUT2D eigenvalue weighted by molar-refractivity contribution is 0.175.